The van der Waals surface area contributed by atoms with Crippen LogP contribution in [0.3, 0.4) is 0 Å². The first-order valence-electron chi connectivity index (χ1n) is 10.8. The van der Waals surface area contributed by atoms with Crippen LogP contribution in [0.2, 0.25) is 0 Å². The van der Waals surface area contributed by atoms with Gasteiger partial charge in [-0.3, -0.25) is 0 Å². The third-order valence-electron chi connectivity index (χ3n) is 5.56. The van der Waals surface area contributed by atoms with Crippen molar-refractivity contribution in [3.8, 4) is 10.6 Å². The number of rotatable bonds is 9. The number of benzene rings is 1. The van der Waals surface area contributed by atoms with Gasteiger partial charge in [0, 0.05) is 50.2 Å². The van der Waals surface area contributed by atoms with Crippen LogP contribution < -0.4 is 10.0 Å². The molecule has 1 saturated heterocycles. The standard InChI is InChI=1S/C22H30N6O2S2.3ClH/c1-27-10-12-28(13-11-27)9-3-7-23-22-24-8-6-19(26-22)21-15-18-5-4-17(14-20(18)31-21)16-25-32(2,29)30;;;/h4-6,8,14-15,25H,3,7,9-13,16H2,1-2H3,(H,23,24,26);3*1H. The van der Waals surface area contributed by atoms with Gasteiger partial charge in [0.25, 0.3) is 0 Å². The van der Waals surface area contributed by atoms with Crippen molar-refractivity contribution in [2.75, 3.05) is 57.9 Å². The highest BCUT2D eigenvalue weighted by Gasteiger charge is 2.13. The topological polar surface area (TPSA) is 90.5 Å². The molecule has 0 saturated carbocycles. The van der Waals surface area contributed by atoms with Gasteiger partial charge in [-0.1, -0.05) is 12.1 Å². The third kappa shape index (κ3) is 9.62. The van der Waals surface area contributed by atoms with Crippen molar-refractivity contribution >= 4 is 74.6 Å². The summed E-state index contributed by atoms with van der Waals surface area (Å²) in [5.74, 6) is 0.649. The van der Waals surface area contributed by atoms with Crippen molar-refractivity contribution in [2.45, 2.75) is 13.0 Å². The number of piperazine rings is 1. The van der Waals surface area contributed by atoms with Gasteiger partial charge in [0.15, 0.2) is 0 Å². The van der Waals surface area contributed by atoms with Crippen LogP contribution in [0, 0.1) is 0 Å². The van der Waals surface area contributed by atoms with Gasteiger partial charge in [-0.15, -0.1) is 48.6 Å². The van der Waals surface area contributed by atoms with Gasteiger partial charge in [0.2, 0.25) is 16.0 Å². The molecule has 0 bridgehead atoms. The molecule has 0 atom stereocenters. The number of sulfonamides is 1. The van der Waals surface area contributed by atoms with Gasteiger partial charge in [-0.2, -0.15) is 0 Å². The van der Waals surface area contributed by atoms with Crippen LogP contribution >= 0.6 is 48.6 Å². The maximum Gasteiger partial charge on any atom is 0.223 e. The van der Waals surface area contributed by atoms with Crippen molar-refractivity contribution in [2.24, 2.45) is 0 Å². The molecule has 196 valence electrons. The largest absolute Gasteiger partial charge is 0.354 e. The number of likely N-dealkylation sites (N-methyl/N-ethyl adjacent to an activating group) is 1. The molecule has 0 amide bonds. The fourth-order valence-electron chi connectivity index (χ4n) is 3.68. The minimum atomic E-state index is -3.21. The summed E-state index contributed by atoms with van der Waals surface area (Å²) in [5.41, 5.74) is 1.82. The Kier molecular flexibility index (Phi) is 13.2. The number of aromatic nitrogens is 2. The zero-order valence-electron chi connectivity index (χ0n) is 19.8. The highest BCUT2D eigenvalue weighted by atomic mass is 35.5. The Bertz CT molecular complexity index is 1170. The van der Waals surface area contributed by atoms with E-state index in [2.05, 4.69) is 37.9 Å². The monoisotopic (exact) mass is 582 g/mol. The van der Waals surface area contributed by atoms with E-state index in [4.69, 9.17) is 4.98 Å². The van der Waals surface area contributed by atoms with Crippen molar-refractivity contribution in [1.82, 2.24) is 24.5 Å². The molecule has 0 aliphatic carbocycles. The second-order valence-corrected chi connectivity index (χ2v) is 11.2. The second-order valence-electron chi connectivity index (χ2n) is 8.27. The van der Waals surface area contributed by atoms with Gasteiger partial charge >= 0.3 is 0 Å². The molecule has 13 heteroatoms. The SMILES string of the molecule is CN1CCN(CCCNc2nccc(-c3cc4ccc(CNS(C)(=O)=O)cc4s3)n2)CC1.Cl.Cl.Cl. The number of thiophene rings is 1. The minimum absolute atomic E-state index is 0. The van der Waals surface area contributed by atoms with Crippen molar-refractivity contribution < 1.29 is 8.42 Å². The maximum atomic E-state index is 11.3. The summed E-state index contributed by atoms with van der Waals surface area (Å²) in [6, 6.07) is 10.0. The number of fused-ring (bicyclic) bond motifs is 1. The Hall–Kier alpha value is -1.24. The summed E-state index contributed by atoms with van der Waals surface area (Å²) in [4.78, 5) is 15.0. The van der Waals surface area contributed by atoms with Crippen LogP contribution in [0.15, 0.2) is 36.5 Å². The molecule has 1 aliphatic heterocycles. The summed E-state index contributed by atoms with van der Waals surface area (Å²) < 4.78 is 26.3. The maximum absolute atomic E-state index is 11.3. The fraction of sp³-hybridized carbons (Fsp3) is 0.455. The summed E-state index contributed by atoms with van der Waals surface area (Å²) in [5, 5.41) is 4.48. The van der Waals surface area contributed by atoms with Crippen LogP contribution in [-0.2, 0) is 16.6 Å². The van der Waals surface area contributed by atoms with Crippen molar-refractivity contribution in [3.63, 3.8) is 0 Å². The molecule has 0 radical (unpaired) electrons. The van der Waals surface area contributed by atoms with Crippen LogP contribution in [0.5, 0.6) is 0 Å². The molecule has 1 aliphatic rings. The van der Waals surface area contributed by atoms with E-state index in [1.807, 2.05) is 24.3 Å². The first kappa shape index (κ1) is 31.8. The lowest BCUT2D eigenvalue weighted by molar-refractivity contribution is 0.154. The van der Waals surface area contributed by atoms with Crippen LogP contribution in [0.25, 0.3) is 20.7 Å². The molecule has 1 fully saturated rings. The number of halogens is 3. The molecule has 3 aromatic rings. The summed E-state index contributed by atoms with van der Waals surface area (Å²) >= 11 is 1.65. The van der Waals surface area contributed by atoms with Gasteiger partial charge in [0.05, 0.1) is 16.8 Å². The van der Waals surface area contributed by atoms with E-state index in [1.165, 1.54) is 6.26 Å². The molecule has 3 heterocycles. The molecular weight excluding hydrogens is 551 g/mol. The lowest BCUT2D eigenvalue weighted by Gasteiger charge is -2.32. The second kappa shape index (κ2) is 14.5. The molecular formula is C22H33Cl3N6O2S2. The van der Waals surface area contributed by atoms with Crippen LogP contribution in [0.4, 0.5) is 5.95 Å². The zero-order chi connectivity index (χ0) is 22.6. The number of anilines is 1. The zero-order valence-corrected chi connectivity index (χ0v) is 23.9. The molecule has 2 aromatic heterocycles. The first-order valence-corrected chi connectivity index (χ1v) is 13.5. The molecule has 2 N–H and O–H groups in total. The normalized spacial score (nSPS) is 14.6. The van der Waals surface area contributed by atoms with E-state index in [-0.39, 0.29) is 43.8 Å². The van der Waals surface area contributed by atoms with E-state index in [0.29, 0.717) is 5.95 Å². The van der Waals surface area contributed by atoms with Gasteiger partial charge in [-0.25, -0.2) is 23.1 Å². The fourth-order valence-corrected chi connectivity index (χ4v) is 5.21. The average Bonchev–Trinajstić information content (AvgIpc) is 3.20. The van der Waals surface area contributed by atoms with Crippen LogP contribution in [0.1, 0.15) is 12.0 Å². The van der Waals surface area contributed by atoms with E-state index in [0.717, 1.165) is 71.9 Å². The predicted octanol–water partition coefficient (Wildman–Crippen LogP) is 3.72. The smallest absolute Gasteiger partial charge is 0.223 e. The third-order valence-corrected chi connectivity index (χ3v) is 7.35. The number of nitrogens with zero attached hydrogens (tertiary/aromatic N) is 4. The Morgan fingerprint density at radius 3 is 2.51 bits per heavy atom. The number of hydrogen-bond donors (Lipinski definition) is 2. The summed E-state index contributed by atoms with van der Waals surface area (Å²) in [7, 11) is -1.04. The highest BCUT2D eigenvalue weighted by Crippen LogP contribution is 2.33. The number of hydrogen-bond acceptors (Lipinski definition) is 8. The summed E-state index contributed by atoms with van der Waals surface area (Å²) in [6.45, 7) is 6.79. The Morgan fingerprint density at radius 1 is 1.06 bits per heavy atom. The molecule has 35 heavy (non-hydrogen) atoms. The quantitative estimate of drug-likeness (QED) is 0.371. The summed E-state index contributed by atoms with van der Waals surface area (Å²) in [6.07, 6.45) is 4.02. The lowest BCUT2D eigenvalue weighted by atomic mass is 10.1. The minimum Gasteiger partial charge on any atom is -0.354 e. The van der Waals surface area contributed by atoms with E-state index >= 15 is 0 Å². The van der Waals surface area contributed by atoms with Gasteiger partial charge < -0.3 is 15.1 Å². The average molecular weight is 584 g/mol. The van der Waals surface area contributed by atoms with Crippen LogP contribution in [-0.4, -0.2) is 80.8 Å². The Balaban J connectivity index is 0.00000204. The first-order chi connectivity index (χ1) is 15.4. The predicted molar refractivity (Wildman–Crippen MR) is 153 cm³/mol. The van der Waals surface area contributed by atoms with E-state index < -0.39 is 10.0 Å². The molecule has 0 unspecified atom stereocenters. The number of nitrogens with one attached hydrogen (secondary N) is 2. The van der Waals surface area contributed by atoms with E-state index in [1.54, 1.807) is 17.5 Å². The van der Waals surface area contributed by atoms with Crippen molar-refractivity contribution in [1.29, 1.82) is 0 Å². The molecule has 8 nitrogen and oxygen atoms in total. The van der Waals surface area contributed by atoms with Gasteiger partial charge in [-0.05, 0) is 49.2 Å². The Labute approximate surface area is 230 Å². The Morgan fingerprint density at radius 2 is 1.80 bits per heavy atom. The molecule has 1 aromatic carbocycles. The highest BCUT2D eigenvalue weighted by molar-refractivity contribution is 7.88. The van der Waals surface area contributed by atoms with E-state index in [9.17, 15) is 8.42 Å². The molecule has 0 spiro atoms. The molecule has 4 rings (SSSR count). The lowest BCUT2D eigenvalue weighted by Crippen LogP contribution is -2.44. The van der Waals surface area contributed by atoms with Crippen molar-refractivity contribution in [3.05, 3.63) is 42.1 Å². The van der Waals surface area contributed by atoms with Gasteiger partial charge in [0.1, 0.15) is 0 Å².